The van der Waals surface area contributed by atoms with E-state index < -0.39 is 5.97 Å². The molecule has 1 saturated heterocycles. The van der Waals surface area contributed by atoms with E-state index in [4.69, 9.17) is 16.3 Å². The topological polar surface area (TPSA) is 71.5 Å². The zero-order valence-electron chi connectivity index (χ0n) is 15.5. The van der Waals surface area contributed by atoms with Crippen molar-refractivity contribution in [2.75, 3.05) is 18.5 Å². The molecule has 1 aliphatic rings. The average molecular weight is 397 g/mol. The van der Waals surface area contributed by atoms with Gasteiger partial charge in [0.2, 0.25) is 0 Å². The van der Waals surface area contributed by atoms with E-state index in [2.05, 4.69) is 10.3 Å². The van der Waals surface area contributed by atoms with Gasteiger partial charge >= 0.3 is 5.97 Å². The lowest BCUT2D eigenvalue weighted by Gasteiger charge is -2.26. The number of carboxylic acid groups (broad SMARTS) is 1. The lowest BCUT2D eigenvalue weighted by atomic mass is 9.90. The maximum absolute atomic E-state index is 11.8. The molecule has 0 bridgehead atoms. The molecule has 1 aromatic heterocycles. The summed E-state index contributed by atoms with van der Waals surface area (Å²) in [6.07, 6.45) is 3.71. The number of anilines is 2. The van der Waals surface area contributed by atoms with Crippen LogP contribution in [-0.4, -0.2) is 29.3 Å². The number of carbonyl (C=O) groups is 1. The van der Waals surface area contributed by atoms with Crippen LogP contribution in [0.2, 0.25) is 5.02 Å². The fourth-order valence-electron chi connectivity index (χ4n) is 3.77. The molecule has 1 fully saturated rings. The van der Waals surface area contributed by atoms with E-state index in [-0.39, 0.29) is 5.56 Å². The Balaban J connectivity index is 1.91. The summed E-state index contributed by atoms with van der Waals surface area (Å²) < 4.78 is 5.52. The Kier molecular flexibility index (Phi) is 5.20. The Morgan fingerprint density at radius 2 is 2.00 bits per heavy atom. The predicted octanol–water partition coefficient (Wildman–Crippen LogP) is 5.53. The van der Waals surface area contributed by atoms with Crippen molar-refractivity contribution >= 4 is 39.8 Å². The average Bonchev–Trinajstić information content (AvgIpc) is 2.70. The molecule has 2 heterocycles. The summed E-state index contributed by atoms with van der Waals surface area (Å²) in [4.78, 5) is 16.4. The van der Waals surface area contributed by atoms with Gasteiger partial charge in [-0.05, 0) is 61.1 Å². The number of hydrogen-bond donors (Lipinski definition) is 2. The Morgan fingerprint density at radius 3 is 2.75 bits per heavy atom. The highest BCUT2D eigenvalue weighted by molar-refractivity contribution is 6.31. The van der Waals surface area contributed by atoms with Crippen LogP contribution in [0, 0.1) is 6.92 Å². The molecular formula is C22H21ClN2O3. The number of pyridine rings is 1. The molecular weight excluding hydrogens is 376 g/mol. The van der Waals surface area contributed by atoms with E-state index in [0.29, 0.717) is 29.8 Å². The summed E-state index contributed by atoms with van der Waals surface area (Å²) in [5.41, 5.74) is 4.45. The first kappa shape index (κ1) is 18.7. The molecule has 0 amide bonds. The number of aromatic nitrogens is 1. The molecule has 0 radical (unpaired) electrons. The molecule has 0 saturated carbocycles. The van der Waals surface area contributed by atoms with Crippen molar-refractivity contribution in [2.24, 2.45) is 0 Å². The lowest BCUT2D eigenvalue weighted by Crippen LogP contribution is -2.16. The Labute approximate surface area is 168 Å². The van der Waals surface area contributed by atoms with Crippen molar-refractivity contribution < 1.29 is 14.6 Å². The number of ether oxygens (including phenoxy) is 1. The number of benzene rings is 2. The minimum atomic E-state index is -0.963. The van der Waals surface area contributed by atoms with Gasteiger partial charge in [0.25, 0.3) is 0 Å². The molecule has 0 spiro atoms. The number of carboxylic acids is 1. The highest BCUT2D eigenvalue weighted by Gasteiger charge is 2.23. The zero-order valence-corrected chi connectivity index (χ0v) is 16.3. The fraction of sp³-hybridized carbons (Fsp3) is 0.273. The van der Waals surface area contributed by atoms with Gasteiger partial charge in [-0.1, -0.05) is 23.7 Å². The second-order valence-corrected chi connectivity index (χ2v) is 7.50. The van der Waals surface area contributed by atoms with Crippen LogP contribution in [0.3, 0.4) is 0 Å². The number of hydrogen-bond acceptors (Lipinski definition) is 4. The number of aromatic carboxylic acids is 1. The summed E-state index contributed by atoms with van der Waals surface area (Å²) in [7, 11) is 0. The summed E-state index contributed by atoms with van der Waals surface area (Å²) in [5.74, 6) is -0.667. The van der Waals surface area contributed by atoms with E-state index in [0.717, 1.165) is 40.6 Å². The highest BCUT2D eigenvalue weighted by atomic mass is 35.5. The lowest BCUT2D eigenvalue weighted by molar-refractivity contribution is 0.0698. The van der Waals surface area contributed by atoms with Crippen molar-refractivity contribution in [1.82, 2.24) is 4.98 Å². The van der Waals surface area contributed by atoms with Crippen LogP contribution in [0.4, 0.5) is 11.4 Å². The highest BCUT2D eigenvalue weighted by Crippen LogP contribution is 2.39. The second kappa shape index (κ2) is 7.78. The smallest absolute Gasteiger partial charge is 0.337 e. The summed E-state index contributed by atoms with van der Waals surface area (Å²) in [5, 5.41) is 14.6. The Morgan fingerprint density at radius 1 is 1.21 bits per heavy atom. The van der Waals surface area contributed by atoms with Gasteiger partial charge < -0.3 is 15.2 Å². The van der Waals surface area contributed by atoms with Crippen molar-refractivity contribution in [3.05, 3.63) is 64.3 Å². The molecule has 0 atom stereocenters. The second-order valence-electron chi connectivity index (χ2n) is 7.06. The number of halogens is 1. The molecule has 4 rings (SSSR count). The third kappa shape index (κ3) is 3.55. The van der Waals surface area contributed by atoms with Gasteiger partial charge in [0, 0.05) is 29.8 Å². The third-order valence-electron chi connectivity index (χ3n) is 5.27. The molecule has 6 heteroatoms. The van der Waals surface area contributed by atoms with E-state index in [1.807, 2.05) is 37.4 Å². The quantitative estimate of drug-likeness (QED) is 0.606. The maximum Gasteiger partial charge on any atom is 0.337 e. The van der Waals surface area contributed by atoms with E-state index >= 15 is 0 Å². The maximum atomic E-state index is 11.8. The number of nitrogens with zero attached hydrogens (tertiary/aromatic N) is 1. The zero-order chi connectivity index (χ0) is 19.7. The van der Waals surface area contributed by atoms with Crippen LogP contribution in [0.5, 0.6) is 0 Å². The summed E-state index contributed by atoms with van der Waals surface area (Å²) in [6, 6.07) is 10.8. The van der Waals surface area contributed by atoms with E-state index in [9.17, 15) is 9.90 Å². The van der Waals surface area contributed by atoms with Gasteiger partial charge in [-0.2, -0.15) is 0 Å². The SMILES string of the molecule is Cc1cccc(C(=O)O)c1Nc1c(C2CCOCC2)cnc2ccc(Cl)cc12. The molecule has 5 nitrogen and oxygen atoms in total. The molecule has 2 N–H and O–H groups in total. The summed E-state index contributed by atoms with van der Waals surface area (Å²) in [6.45, 7) is 3.32. The number of nitrogens with one attached hydrogen (secondary N) is 1. The summed E-state index contributed by atoms with van der Waals surface area (Å²) >= 11 is 6.28. The molecule has 144 valence electrons. The van der Waals surface area contributed by atoms with Crippen LogP contribution >= 0.6 is 11.6 Å². The number of para-hydroxylation sites is 1. The van der Waals surface area contributed by atoms with Gasteiger partial charge in [-0.3, -0.25) is 4.98 Å². The number of fused-ring (bicyclic) bond motifs is 1. The number of aryl methyl sites for hydroxylation is 1. The van der Waals surface area contributed by atoms with Crippen LogP contribution in [0.25, 0.3) is 10.9 Å². The van der Waals surface area contributed by atoms with Gasteiger partial charge in [-0.25, -0.2) is 4.79 Å². The van der Waals surface area contributed by atoms with Crippen molar-refractivity contribution in [3.8, 4) is 0 Å². The number of rotatable bonds is 4. The standard InChI is InChI=1S/C22H21ClN2O3/c1-13-3-2-4-16(22(26)27)20(13)25-21-17-11-15(23)5-6-19(17)24-12-18(21)14-7-9-28-10-8-14/h2-6,11-12,14H,7-10H2,1H3,(H,24,25)(H,26,27). The van der Waals surface area contributed by atoms with Crippen LogP contribution in [0.1, 0.15) is 40.2 Å². The van der Waals surface area contributed by atoms with Gasteiger partial charge in [-0.15, -0.1) is 0 Å². The molecule has 3 aromatic rings. The van der Waals surface area contributed by atoms with Gasteiger partial charge in [0.15, 0.2) is 0 Å². The largest absolute Gasteiger partial charge is 0.478 e. The minimum Gasteiger partial charge on any atom is -0.478 e. The van der Waals surface area contributed by atoms with Gasteiger partial charge in [0.1, 0.15) is 0 Å². The van der Waals surface area contributed by atoms with E-state index in [1.54, 1.807) is 12.1 Å². The minimum absolute atomic E-state index is 0.241. The molecule has 0 aliphatic carbocycles. The molecule has 1 aliphatic heterocycles. The molecule has 0 unspecified atom stereocenters. The first-order chi connectivity index (χ1) is 13.5. The molecule has 2 aromatic carbocycles. The Hall–Kier alpha value is -2.63. The molecule has 28 heavy (non-hydrogen) atoms. The third-order valence-corrected chi connectivity index (χ3v) is 5.51. The van der Waals surface area contributed by atoms with Crippen LogP contribution < -0.4 is 5.32 Å². The first-order valence-corrected chi connectivity index (χ1v) is 9.68. The fourth-order valence-corrected chi connectivity index (χ4v) is 3.95. The van der Waals surface area contributed by atoms with Crippen molar-refractivity contribution in [3.63, 3.8) is 0 Å². The Bertz CT molecular complexity index is 1050. The van der Waals surface area contributed by atoms with Crippen molar-refractivity contribution in [1.29, 1.82) is 0 Å². The predicted molar refractivity (Wildman–Crippen MR) is 111 cm³/mol. The van der Waals surface area contributed by atoms with E-state index in [1.165, 1.54) is 0 Å². The normalized spacial score (nSPS) is 14.9. The first-order valence-electron chi connectivity index (χ1n) is 9.30. The van der Waals surface area contributed by atoms with Crippen LogP contribution in [0.15, 0.2) is 42.6 Å². The van der Waals surface area contributed by atoms with Crippen LogP contribution in [-0.2, 0) is 4.74 Å². The van der Waals surface area contributed by atoms with Gasteiger partial charge in [0.05, 0.1) is 22.5 Å². The monoisotopic (exact) mass is 396 g/mol. The van der Waals surface area contributed by atoms with Crippen molar-refractivity contribution in [2.45, 2.75) is 25.7 Å².